The number of rotatable bonds is 4. The van der Waals surface area contributed by atoms with E-state index in [4.69, 9.17) is 16.3 Å². The van der Waals surface area contributed by atoms with Crippen molar-refractivity contribution in [3.63, 3.8) is 0 Å². The van der Waals surface area contributed by atoms with Gasteiger partial charge in [-0.25, -0.2) is 0 Å². The quantitative estimate of drug-likeness (QED) is 0.888. The molecule has 0 spiro atoms. The molecule has 0 radical (unpaired) electrons. The molecule has 3 nitrogen and oxygen atoms in total. The molecule has 2 N–H and O–H groups in total. The molecule has 100 valence electrons. The van der Waals surface area contributed by atoms with Gasteiger partial charge in [0.15, 0.2) is 11.5 Å². The smallest absolute Gasteiger partial charge is 0.162 e. The molecule has 2 aromatic rings. The minimum absolute atomic E-state index is 0.164. The second kappa shape index (κ2) is 5.85. The Bertz CT molecular complexity index is 584. The molecule has 0 bridgehead atoms. The molecule has 0 saturated heterocycles. The van der Waals surface area contributed by atoms with Crippen molar-refractivity contribution in [2.45, 2.75) is 13.5 Å². The molecule has 0 saturated carbocycles. The van der Waals surface area contributed by atoms with Crippen LogP contribution in [0, 0.1) is 6.92 Å². The fraction of sp³-hybridized carbons (Fsp3) is 0.200. The van der Waals surface area contributed by atoms with Gasteiger partial charge in [-0.3, -0.25) is 0 Å². The predicted molar refractivity (Wildman–Crippen MR) is 78.2 cm³/mol. The van der Waals surface area contributed by atoms with E-state index >= 15 is 0 Å². The van der Waals surface area contributed by atoms with Crippen molar-refractivity contribution in [1.29, 1.82) is 0 Å². The summed E-state index contributed by atoms with van der Waals surface area (Å²) in [5.41, 5.74) is 2.72. The zero-order valence-corrected chi connectivity index (χ0v) is 11.7. The van der Waals surface area contributed by atoms with E-state index in [1.54, 1.807) is 6.07 Å². The Balaban J connectivity index is 2.17. The van der Waals surface area contributed by atoms with Crippen LogP contribution in [0.1, 0.15) is 11.1 Å². The first-order valence-electron chi connectivity index (χ1n) is 5.97. The van der Waals surface area contributed by atoms with Crippen LogP contribution in [0.5, 0.6) is 11.5 Å². The van der Waals surface area contributed by atoms with Crippen LogP contribution >= 0.6 is 11.6 Å². The van der Waals surface area contributed by atoms with Gasteiger partial charge in [-0.05, 0) is 30.7 Å². The molecule has 2 aromatic carbocycles. The summed E-state index contributed by atoms with van der Waals surface area (Å²) in [6, 6.07) is 11.1. The van der Waals surface area contributed by atoms with Gasteiger partial charge in [0.25, 0.3) is 0 Å². The van der Waals surface area contributed by atoms with Crippen molar-refractivity contribution in [1.82, 2.24) is 0 Å². The number of benzene rings is 2. The number of hydrogen-bond donors (Lipinski definition) is 2. The summed E-state index contributed by atoms with van der Waals surface area (Å²) in [5, 5.41) is 14.0. The molecule has 2 rings (SSSR count). The van der Waals surface area contributed by atoms with Crippen LogP contribution in [0.25, 0.3) is 0 Å². The first-order chi connectivity index (χ1) is 9.13. The molecule has 19 heavy (non-hydrogen) atoms. The molecule has 0 fully saturated rings. The molecular weight excluding hydrogens is 262 g/mol. The highest BCUT2D eigenvalue weighted by molar-refractivity contribution is 6.31. The molecule has 0 aromatic heterocycles. The van der Waals surface area contributed by atoms with E-state index in [1.807, 2.05) is 37.3 Å². The maximum atomic E-state index is 10.00. The van der Waals surface area contributed by atoms with E-state index in [0.717, 1.165) is 21.8 Å². The third-order valence-corrected chi connectivity index (χ3v) is 3.45. The van der Waals surface area contributed by atoms with Gasteiger partial charge in [0.1, 0.15) is 0 Å². The van der Waals surface area contributed by atoms with Gasteiger partial charge in [0.2, 0.25) is 0 Å². The standard InChI is InChI=1S/C15H16ClNO2/c1-10-12(16)6-4-7-13(10)17-9-11-5-3-8-14(19-2)15(11)18/h3-8,17-18H,9H2,1-2H3. The summed E-state index contributed by atoms with van der Waals surface area (Å²) in [7, 11) is 1.54. The molecule has 0 amide bonds. The first-order valence-corrected chi connectivity index (χ1v) is 6.35. The van der Waals surface area contributed by atoms with E-state index < -0.39 is 0 Å². The summed E-state index contributed by atoms with van der Waals surface area (Å²) in [6.45, 7) is 2.46. The number of anilines is 1. The lowest BCUT2D eigenvalue weighted by Gasteiger charge is -2.13. The largest absolute Gasteiger partial charge is 0.504 e. The van der Waals surface area contributed by atoms with Gasteiger partial charge in [-0.15, -0.1) is 0 Å². The third kappa shape index (κ3) is 2.93. The van der Waals surface area contributed by atoms with Crippen LogP contribution < -0.4 is 10.1 Å². The van der Waals surface area contributed by atoms with E-state index in [9.17, 15) is 5.11 Å². The average Bonchev–Trinajstić information content (AvgIpc) is 2.42. The van der Waals surface area contributed by atoms with Crippen molar-refractivity contribution in [2.75, 3.05) is 12.4 Å². The summed E-state index contributed by atoms with van der Waals surface area (Å²) < 4.78 is 5.08. The third-order valence-electron chi connectivity index (χ3n) is 3.04. The Labute approximate surface area is 117 Å². The second-order valence-corrected chi connectivity index (χ2v) is 4.64. The molecule has 0 unspecified atom stereocenters. The van der Waals surface area contributed by atoms with Crippen LogP contribution in [0.3, 0.4) is 0 Å². The SMILES string of the molecule is COc1cccc(CNc2cccc(Cl)c2C)c1O. The van der Waals surface area contributed by atoms with Crippen molar-refractivity contribution < 1.29 is 9.84 Å². The Hall–Kier alpha value is -1.87. The Kier molecular flexibility index (Phi) is 4.17. The van der Waals surface area contributed by atoms with Crippen molar-refractivity contribution in [3.8, 4) is 11.5 Å². The van der Waals surface area contributed by atoms with Crippen LogP contribution in [-0.2, 0) is 6.54 Å². The van der Waals surface area contributed by atoms with Crippen molar-refractivity contribution >= 4 is 17.3 Å². The number of hydrogen-bond acceptors (Lipinski definition) is 3. The van der Waals surface area contributed by atoms with Crippen LogP contribution in [0.15, 0.2) is 36.4 Å². The fourth-order valence-electron chi connectivity index (χ4n) is 1.86. The monoisotopic (exact) mass is 277 g/mol. The highest BCUT2D eigenvalue weighted by atomic mass is 35.5. The number of phenolic OH excluding ortho intramolecular Hbond substituents is 1. The summed E-state index contributed by atoms with van der Waals surface area (Å²) in [5.74, 6) is 0.638. The van der Waals surface area contributed by atoms with Crippen LogP contribution in [-0.4, -0.2) is 12.2 Å². The zero-order valence-electron chi connectivity index (χ0n) is 10.9. The topological polar surface area (TPSA) is 41.5 Å². The minimum atomic E-state index is 0.164. The normalized spacial score (nSPS) is 10.3. The number of aromatic hydroxyl groups is 1. The van der Waals surface area contributed by atoms with Crippen LogP contribution in [0.2, 0.25) is 5.02 Å². The predicted octanol–water partition coefficient (Wildman–Crippen LogP) is 3.97. The van der Waals surface area contributed by atoms with Gasteiger partial charge in [-0.1, -0.05) is 29.8 Å². The number of nitrogens with one attached hydrogen (secondary N) is 1. The number of ether oxygens (including phenoxy) is 1. The van der Waals surface area contributed by atoms with Gasteiger partial charge in [-0.2, -0.15) is 0 Å². The molecule has 4 heteroatoms. The lowest BCUT2D eigenvalue weighted by molar-refractivity contribution is 0.371. The second-order valence-electron chi connectivity index (χ2n) is 4.23. The van der Waals surface area contributed by atoms with Crippen molar-refractivity contribution in [2.24, 2.45) is 0 Å². The average molecular weight is 278 g/mol. The number of halogens is 1. The molecule has 0 heterocycles. The first kappa shape index (κ1) is 13.6. The Morgan fingerprint density at radius 1 is 1.21 bits per heavy atom. The lowest BCUT2D eigenvalue weighted by atomic mass is 10.1. The molecule has 0 aliphatic rings. The fourth-order valence-corrected chi connectivity index (χ4v) is 2.04. The van der Waals surface area contributed by atoms with Gasteiger partial charge in [0, 0.05) is 22.8 Å². The van der Waals surface area contributed by atoms with Crippen LogP contribution in [0.4, 0.5) is 5.69 Å². The van der Waals surface area contributed by atoms with Gasteiger partial charge in [0.05, 0.1) is 7.11 Å². The molecule has 0 aliphatic carbocycles. The van der Waals surface area contributed by atoms with Crippen molar-refractivity contribution in [3.05, 3.63) is 52.5 Å². The summed E-state index contributed by atoms with van der Waals surface area (Å²) in [4.78, 5) is 0. The van der Waals surface area contributed by atoms with E-state index in [1.165, 1.54) is 7.11 Å². The molecule has 0 atom stereocenters. The Morgan fingerprint density at radius 2 is 1.95 bits per heavy atom. The number of methoxy groups -OCH3 is 1. The highest BCUT2D eigenvalue weighted by Gasteiger charge is 2.08. The van der Waals surface area contributed by atoms with E-state index in [-0.39, 0.29) is 5.75 Å². The molecule has 0 aliphatic heterocycles. The highest BCUT2D eigenvalue weighted by Crippen LogP contribution is 2.30. The minimum Gasteiger partial charge on any atom is -0.504 e. The summed E-state index contributed by atoms with van der Waals surface area (Å²) in [6.07, 6.45) is 0. The number of phenols is 1. The van der Waals surface area contributed by atoms with E-state index in [2.05, 4.69) is 5.32 Å². The zero-order chi connectivity index (χ0) is 13.8. The molecular formula is C15H16ClNO2. The maximum absolute atomic E-state index is 10.00. The lowest BCUT2D eigenvalue weighted by Crippen LogP contribution is -2.02. The van der Waals surface area contributed by atoms with E-state index in [0.29, 0.717) is 12.3 Å². The Morgan fingerprint density at radius 3 is 2.68 bits per heavy atom. The van der Waals surface area contributed by atoms with Gasteiger partial charge >= 0.3 is 0 Å². The number of para-hydroxylation sites is 1. The summed E-state index contributed by atoms with van der Waals surface area (Å²) >= 11 is 6.07. The van der Waals surface area contributed by atoms with Gasteiger partial charge < -0.3 is 15.2 Å². The maximum Gasteiger partial charge on any atom is 0.162 e.